The van der Waals surface area contributed by atoms with Gasteiger partial charge < -0.3 is 5.32 Å². The fraction of sp³-hybridized carbons (Fsp3) is 0.600. The van der Waals surface area contributed by atoms with Gasteiger partial charge in [-0.3, -0.25) is 9.59 Å². The highest BCUT2D eigenvalue weighted by Crippen LogP contribution is 2.61. The number of amides is 1. The number of nitrogens with zero attached hydrogens (tertiary/aromatic N) is 2. The summed E-state index contributed by atoms with van der Waals surface area (Å²) in [5.41, 5.74) is 0.213. The lowest BCUT2D eigenvalue weighted by Gasteiger charge is -2.55. The van der Waals surface area contributed by atoms with E-state index in [0.29, 0.717) is 10.0 Å². The zero-order chi connectivity index (χ0) is 18.4. The van der Waals surface area contributed by atoms with E-state index >= 15 is 0 Å². The summed E-state index contributed by atoms with van der Waals surface area (Å²) in [6.45, 7) is 0. The lowest BCUT2D eigenvalue weighted by molar-refractivity contribution is -0.116. The fourth-order valence-electron chi connectivity index (χ4n) is 5.83. The molecule has 5 nitrogen and oxygen atoms in total. The first-order valence-electron chi connectivity index (χ1n) is 9.80. The summed E-state index contributed by atoms with van der Waals surface area (Å²) in [4.78, 5) is 25.0. The number of anilines is 1. The van der Waals surface area contributed by atoms with Gasteiger partial charge in [-0.05, 0) is 67.7 Å². The van der Waals surface area contributed by atoms with Gasteiger partial charge in [0.05, 0.1) is 4.88 Å². The van der Waals surface area contributed by atoms with E-state index in [1.165, 1.54) is 49.9 Å². The quantitative estimate of drug-likeness (QED) is 0.714. The molecule has 0 spiro atoms. The Bertz CT molecular complexity index is 823. The fourth-order valence-corrected chi connectivity index (χ4v) is 7.50. The molecule has 2 aromatic rings. The van der Waals surface area contributed by atoms with Crippen LogP contribution in [0.2, 0.25) is 0 Å². The van der Waals surface area contributed by atoms with Gasteiger partial charge >= 0.3 is 0 Å². The van der Waals surface area contributed by atoms with Gasteiger partial charge in [-0.1, -0.05) is 17.4 Å². The summed E-state index contributed by atoms with van der Waals surface area (Å²) in [6, 6.07) is 3.65. The summed E-state index contributed by atoms with van der Waals surface area (Å²) in [5, 5.41) is 15.2. The van der Waals surface area contributed by atoms with Crippen molar-refractivity contribution in [3.05, 3.63) is 27.4 Å². The molecule has 7 heteroatoms. The zero-order valence-electron chi connectivity index (χ0n) is 15.1. The molecule has 0 aliphatic heterocycles. The third kappa shape index (κ3) is 3.36. The van der Waals surface area contributed by atoms with Gasteiger partial charge in [0.15, 0.2) is 5.78 Å². The molecule has 0 saturated heterocycles. The van der Waals surface area contributed by atoms with Crippen LogP contribution in [0.5, 0.6) is 0 Å². The minimum atomic E-state index is -0.159. The number of ketones is 1. The number of Topliss-reactive ketones (excluding diaryl/α,β-unsaturated/α-hetero) is 1. The first kappa shape index (κ1) is 17.5. The zero-order valence-corrected chi connectivity index (χ0v) is 16.8. The van der Waals surface area contributed by atoms with Crippen LogP contribution in [0.3, 0.4) is 0 Å². The third-order valence-electron chi connectivity index (χ3n) is 6.54. The summed E-state index contributed by atoms with van der Waals surface area (Å²) < 4.78 is 0. The largest absolute Gasteiger partial charge is 0.301 e. The molecule has 4 saturated carbocycles. The van der Waals surface area contributed by atoms with Crippen molar-refractivity contribution in [3.63, 3.8) is 0 Å². The smallest absolute Gasteiger partial charge is 0.226 e. The molecular weight excluding hydrogens is 378 g/mol. The topological polar surface area (TPSA) is 72.0 Å². The Morgan fingerprint density at radius 2 is 1.78 bits per heavy atom. The van der Waals surface area contributed by atoms with Gasteiger partial charge in [-0.15, -0.1) is 21.5 Å². The Hall–Kier alpha value is -1.60. The first-order chi connectivity index (χ1) is 13.1. The van der Waals surface area contributed by atoms with Crippen LogP contribution in [0.4, 0.5) is 5.13 Å². The lowest BCUT2D eigenvalue weighted by atomic mass is 9.50. The molecular formula is C20H23N3O2S2. The number of rotatable bonds is 6. The van der Waals surface area contributed by atoms with Gasteiger partial charge in [0.25, 0.3) is 0 Å². The standard InChI is InChI=1S/C20H23N3O2S2/c24-15(16-2-1-5-26-16)3-4-17(25)21-19-23-22-18(27-19)20-9-12-6-13(10-20)8-14(7-12)11-20/h1-2,5,12-14H,3-4,6-11H2,(H,21,23,25). The second-order valence-corrected chi connectivity index (χ2v) is 10.5. The van der Waals surface area contributed by atoms with Gasteiger partial charge in [0.2, 0.25) is 11.0 Å². The number of thiophene rings is 1. The van der Waals surface area contributed by atoms with Crippen LogP contribution in [0.15, 0.2) is 17.5 Å². The molecule has 2 aromatic heterocycles. The maximum atomic E-state index is 12.2. The van der Waals surface area contributed by atoms with Crippen LogP contribution in [-0.4, -0.2) is 21.9 Å². The predicted molar refractivity (Wildman–Crippen MR) is 106 cm³/mol. The molecule has 1 N–H and O–H groups in total. The highest BCUT2D eigenvalue weighted by Gasteiger charge is 2.53. The second kappa shape index (κ2) is 6.78. The van der Waals surface area contributed by atoms with Gasteiger partial charge in [-0.25, -0.2) is 0 Å². The van der Waals surface area contributed by atoms with Crippen molar-refractivity contribution in [3.8, 4) is 0 Å². The molecule has 4 bridgehead atoms. The van der Waals surface area contributed by atoms with E-state index in [9.17, 15) is 9.59 Å². The van der Waals surface area contributed by atoms with Gasteiger partial charge in [-0.2, -0.15) is 0 Å². The highest BCUT2D eigenvalue weighted by molar-refractivity contribution is 7.15. The number of nitrogens with one attached hydrogen (secondary N) is 1. The third-order valence-corrected chi connectivity index (χ3v) is 8.53. The summed E-state index contributed by atoms with van der Waals surface area (Å²) in [6.07, 6.45) is 8.36. The van der Waals surface area contributed by atoms with Crippen LogP contribution in [0.1, 0.15) is 66.0 Å². The van der Waals surface area contributed by atoms with E-state index in [0.717, 1.165) is 22.8 Å². The van der Waals surface area contributed by atoms with Crippen molar-refractivity contribution in [2.24, 2.45) is 17.8 Å². The predicted octanol–water partition coefficient (Wildman–Crippen LogP) is 4.67. The normalized spacial score (nSPS) is 31.2. The first-order valence-corrected chi connectivity index (χ1v) is 11.5. The van der Waals surface area contributed by atoms with E-state index in [1.54, 1.807) is 17.4 Å². The van der Waals surface area contributed by atoms with E-state index in [-0.39, 0.29) is 29.9 Å². The molecule has 142 valence electrons. The van der Waals surface area contributed by atoms with Crippen LogP contribution >= 0.6 is 22.7 Å². The second-order valence-electron chi connectivity index (χ2n) is 8.56. The lowest BCUT2D eigenvalue weighted by Crippen LogP contribution is -2.48. The Morgan fingerprint density at radius 1 is 1.07 bits per heavy atom. The minimum absolute atomic E-state index is 0.0201. The average Bonchev–Trinajstić information content (AvgIpc) is 3.31. The molecule has 27 heavy (non-hydrogen) atoms. The number of hydrogen-bond acceptors (Lipinski definition) is 6. The van der Waals surface area contributed by atoms with Crippen molar-refractivity contribution in [2.75, 3.05) is 5.32 Å². The maximum Gasteiger partial charge on any atom is 0.226 e. The Morgan fingerprint density at radius 3 is 2.41 bits per heavy atom. The SMILES string of the molecule is O=C(CCC(=O)c1cccs1)Nc1nnc(C23CC4CC(CC(C4)C2)C3)s1. The van der Waals surface area contributed by atoms with E-state index in [1.807, 2.05) is 11.4 Å². The summed E-state index contributed by atoms with van der Waals surface area (Å²) >= 11 is 2.96. The highest BCUT2D eigenvalue weighted by atomic mass is 32.1. The molecule has 0 aromatic carbocycles. The van der Waals surface area contributed by atoms with Crippen LogP contribution in [0.25, 0.3) is 0 Å². The van der Waals surface area contributed by atoms with Crippen molar-refractivity contribution < 1.29 is 9.59 Å². The number of carbonyl (C=O) groups excluding carboxylic acids is 2. The van der Waals surface area contributed by atoms with E-state index < -0.39 is 0 Å². The molecule has 0 radical (unpaired) electrons. The molecule has 2 heterocycles. The molecule has 0 unspecified atom stereocenters. The van der Waals surface area contributed by atoms with E-state index in [2.05, 4.69) is 15.5 Å². The minimum Gasteiger partial charge on any atom is -0.301 e. The average molecular weight is 402 g/mol. The van der Waals surface area contributed by atoms with Crippen molar-refractivity contribution in [1.82, 2.24) is 10.2 Å². The summed E-state index contributed by atoms with van der Waals surface area (Å²) in [5.74, 6) is 2.45. The molecule has 0 atom stereocenters. The van der Waals surface area contributed by atoms with E-state index in [4.69, 9.17) is 0 Å². The maximum absolute atomic E-state index is 12.2. The Labute approximate surface area is 166 Å². The molecule has 4 fully saturated rings. The van der Waals surface area contributed by atoms with Crippen LogP contribution < -0.4 is 5.32 Å². The Balaban J connectivity index is 1.21. The molecule has 4 aliphatic carbocycles. The monoisotopic (exact) mass is 401 g/mol. The number of carbonyl (C=O) groups is 2. The van der Waals surface area contributed by atoms with Gasteiger partial charge in [0.1, 0.15) is 5.01 Å². The Kier molecular flexibility index (Phi) is 4.39. The van der Waals surface area contributed by atoms with Crippen LogP contribution in [-0.2, 0) is 10.2 Å². The number of aromatic nitrogens is 2. The van der Waals surface area contributed by atoms with Gasteiger partial charge in [0, 0.05) is 18.3 Å². The van der Waals surface area contributed by atoms with Crippen LogP contribution in [0, 0.1) is 17.8 Å². The molecule has 6 rings (SSSR count). The summed E-state index contributed by atoms with van der Waals surface area (Å²) in [7, 11) is 0. The molecule has 1 amide bonds. The van der Waals surface area contributed by atoms with Crippen molar-refractivity contribution in [2.45, 2.75) is 56.8 Å². The van der Waals surface area contributed by atoms with Crippen molar-refractivity contribution >= 4 is 39.5 Å². The number of hydrogen-bond donors (Lipinski definition) is 1. The van der Waals surface area contributed by atoms with Crippen molar-refractivity contribution in [1.29, 1.82) is 0 Å². The molecule has 4 aliphatic rings.